The van der Waals surface area contributed by atoms with E-state index in [2.05, 4.69) is 5.32 Å². The number of halogens is 3. The van der Waals surface area contributed by atoms with Crippen LogP contribution in [0.3, 0.4) is 0 Å². The van der Waals surface area contributed by atoms with Gasteiger partial charge >= 0.3 is 0 Å². The van der Waals surface area contributed by atoms with Crippen molar-refractivity contribution in [2.75, 3.05) is 11.1 Å². The molecule has 0 spiro atoms. The van der Waals surface area contributed by atoms with Gasteiger partial charge in [0.05, 0.1) is 10.7 Å². The third-order valence-electron chi connectivity index (χ3n) is 2.71. The number of nitrogen functional groups attached to an aromatic ring is 1. The van der Waals surface area contributed by atoms with Crippen LogP contribution in [0.4, 0.5) is 20.2 Å². The first-order valence-electron chi connectivity index (χ1n) is 5.70. The van der Waals surface area contributed by atoms with Crippen LogP contribution in [0.2, 0.25) is 5.02 Å². The molecule has 0 fully saturated rings. The number of carbonyl (C=O) groups is 1. The first-order valence-corrected chi connectivity index (χ1v) is 6.08. The maximum atomic E-state index is 13.3. The molecule has 3 nitrogen and oxygen atoms in total. The van der Waals surface area contributed by atoms with Gasteiger partial charge in [-0.15, -0.1) is 0 Å². The van der Waals surface area contributed by atoms with Crippen molar-refractivity contribution in [2.24, 2.45) is 0 Å². The summed E-state index contributed by atoms with van der Waals surface area (Å²) in [5.41, 5.74) is 5.61. The minimum atomic E-state index is -0.981. The molecule has 0 aliphatic heterocycles. The minimum absolute atomic E-state index is 0.174. The Hall–Kier alpha value is -2.14. The Morgan fingerprint density at radius 1 is 1.20 bits per heavy atom. The van der Waals surface area contributed by atoms with Crippen LogP contribution >= 0.6 is 11.6 Å². The fourth-order valence-electron chi connectivity index (χ4n) is 1.64. The monoisotopic (exact) mass is 296 g/mol. The van der Waals surface area contributed by atoms with Crippen molar-refractivity contribution in [2.45, 2.75) is 6.92 Å². The molecule has 0 heterocycles. The van der Waals surface area contributed by atoms with Crippen LogP contribution < -0.4 is 11.1 Å². The molecule has 0 atom stereocenters. The van der Waals surface area contributed by atoms with Crippen LogP contribution in [0.5, 0.6) is 0 Å². The van der Waals surface area contributed by atoms with Crippen molar-refractivity contribution >= 4 is 28.9 Å². The summed E-state index contributed by atoms with van der Waals surface area (Å²) in [7, 11) is 0. The molecular formula is C14H11ClF2N2O. The Kier molecular flexibility index (Phi) is 3.90. The predicted molar refractivity (Wildman–Crippen MR) is 74.9 cm³/mol. The Bertz CT molecular complexity index is 666. The molecule has 0 aliphatic carbocycles. The summed E-state index contributed by atoms with van der Waals surface area (Å²) in [6, 6.07) is 6.80. The van der Waals surface area contributed by atoms with Crippen LogP contribution in [0.1, 0.15) is 15.9 Å². The van der Waals surface area contributed by atoms with Gasteiger partial charge in [0, 0.05) is 5.56 Å². The fourth-order valence-corrected chi connectivity index (χ4v) is 1.81. The third-order valence-corrected chi connectivity index (χ3v) is 3.04. The molecule has 0 unspecified atom stereocenters. The predicted octanol–water partition coefficient (Wildman–Crippen LogP) is 3.76. The smallest absolute Gasteiger partial charge is 0.255 e. The maximum absolute atomic E-state index is 13.3. The number of benzene rings is 2. The second-order valence-corrected chi connectivity index (χ2v) is 4.70. The minimum Gasteiger partial charge on any atom is -0.394 e. The van der Waals surface area contributed by atoms with Gasteiger partial charge in [-0.3, -0.25) is 4.79 Å². The zero-order valence-electron chi connectivity index (χ0n) is 10.5. The molecule has 0 aliphatic rings. The summed E-state index contributed by atoms with van der Waals surface area (Å²) < 4.78 is 26.6. The fraction of sp³-hybridized carbons (Fsp3) is 0.0714. The molecule has 0 saturated carbocycles. The average molecular weight is 297 g/mol. The van der Waals surface area contributed by atoms with E-state index in [9.17, 15) is 13.6 Å². The first kappa shape index (κ1) is 14.3. The molecule has 1 amide bonds. The number of nitrogens with one attached hydrogen (secondary N) is 1. The Morgan fingerprint density at radius 2 is 1.80 bits per heavy atom. The number of nitrogens with two attached hydrogens (primary N) is 1. The van der Waals surface area contributed by atoms with E-state index in [0.717, 1.165) is 17.7 Å². The molecule has 2 aromatic carbocycles. The normalized spacial score (nSPS) is 10.4. The Labute approximate surface area is 119 Å². The summed E-state index contributed by atoms with van der Waals surface area (Å²) in [5.74, 6) is -2.63. The maximum Gasteiger partial charge on any atom is 0.255 e. The molecule has 2 rings (SSSR count). The molecule has 0 saturated heterocycles. The number of carbonyl (C=O) groups excluding carboxylic acids is 1. The molecule has 104 valence electrons. The van der Waals surface area contributed by atoms with Crippen LogP contribution in [-0.4, -0.2) is 5.91 Å². The zero-order valence-corrected chi connectivity index (χ0v) is 11.3. The van der Waals surface area contributed by atoms with E-state index in [0.29, 0.717) is 10.7 Å². The summed E-state index contributed by atoms with van der Waals surface area (Å²) in [4.78, 5) is 11.9. The van der Waals surface area contributed by atoms with Crippen LogP contribution in [-0.2, 0) is 0 Å². The van der Waals surface area contributed by atoms with E-state index in [-0.39, 0.29) is 5.56 Å². The SMILES string of the molecule is Cc1ccc(Cl)c(NC(=O)c2cc(F)c(N)c(F)c2)c1. The number of hydrogen-bond donors (Lipinski definition) is 2. The second kappa shape index (κ2) is 5.46. The number of hydrogen-bond acceptors (Lipinski definition) is 2. The quantitative estimate of drug-likeness (QED) is 0.829. The topological polar surface area (TPSA) is 55.1 Å². The first-order chi connectivity index (χ1) is 9.38. The lowest BCUT2D eigenvalue weighted by atomic mass is 10.1. The van der Waals surface area contributed by atoms with Crippen LogP contribution in [0.25, 0.3) is 0 Å². The van der Waals surface area contributed by atoms with Gasteiger partial charge in [-0.05, 0) is 36.8 Å². The molecule has 3 N–H and O–H groups in total. The van der Waals surface area contributed by atoms with Crippen molar-refractivity contribution in [3.63, 3.8) is 0 Å². The Morgan fingerprint density at radius 3 is 2.40 bits per heavy atom. The van der Waals surface area contributed by atoms with Gasteiger partial charge in [0.25, 0.3) is 5.91 Å². The van der Waals surface area contributed by atoms with Gasteiger partial charge in [0.1, 0.15) is 17.3 Å². The van der Waals surface area contributed by atoms with Gasteiger partial charge in [-0.25, -0.2) is 8.78 Å². The molecule has 20 heavy (non-hydrogen) atoms. The highest BCUT2D eigenvalue weighted by Crippen LogP contribution is 2.24. The van der Waals surface area contributed by atoms with E-state index < -0.39 is 23.2 Å². The van der Waals surface area contributed by atoms with Gasteiger partial charge in [0.2, 0.25) is 0 Å². The van der Waals surface area contributed by atoms with Crippen molar-refractivity contribution in [1.29, 1.82) is 0 Å². The number of rotatable bonds is 2. The van der Waals surface area contributed by atoms with Crippen molar-refractivity contribution in [3.05, 3.63) is 58.1 Å². The standard InChI is InChI=1S/C14H11ClF2N2O/c1-7-2-3-9(15)12(4-7)19-14(20)8-5-10(16)13(18)11(17)6-8/h2-6H,18H2,1H3,(H,19,20). The summed E-state index contributed by atoms with van der Waals surface area (Å²) >= 11 is 5.93. The molecule has 2 aromatic rings. The molecule has 0 bridgehead atoms. The van der Waals surface area contributed by atoms with Crippen LogP contribution in [0.15, 0.2) is 30.3 Å². The number of aryl methyl sites for hydroxylation is 1. The highest BCUT2D eigenvalue weighted by molar-refractivity contribution is 6.34. The van der Waals surface area contributed by atoms with E-state index in [1.165, 1.54) is 0 Å². The van der Waals surface area contributed by atoms with Crippen molar-refractivity contribution in [3.8, 4) is 0 Å². The Balaban J connectivity index is 2.31. The average Bonchev–Trinajstić information content (AvgIpc) is 2.39. The van der Waals surface area contributed by atoms with Gasteiger partial charge < -0.3 is 11.1 Å². The van der Waals surface area contributed by atoms with E-state index in [1.807, 2.05) is 6.92 Å². The highest BCUT2D eigenvalue weighted by Gasteiger charge is 2.14. The highest BCUT2D eigenvalue weighted by atomic mass is 35.5. The van der Waals surface area contributed by atoms with Crippen molar-refractivity contribution < 1.29 is 13.6 Å². The lowest BCUT2D eigenvalue weighted by Gasteiger charge is -2.09. The van der Waals surface area contributed by atoms with E-state index >= 15 is 0 Å². The summed E-state index contributed by atoms with van der Waals surface area (Å²) in [6.07, 6.45) is 0. The van der Waals surface area contributed by atoms with E-state index in [1.54, 1.807) is 18.2 Å². The van der Waals surface area contributed by atoms with E-state index in [4.69, 9.17) is 17.3 Å². The van der Waals surface area contributed by atoms with Gasteiger partial charge in [-0.2, -0.15) is 0 Å². The zero-order chi connectivity index (χ0) is 14.9. The lowest BCUT2D eigenvalue weighted by Crippen LogP contribution is -2.13. The summed E-state index contributed by atoms with van der Waals surface area (Å²) in [5, 5.41) is 2.83. The lowest BCUT2D eigenvalue weighted by molar-refractivity contribution is 0.102. The van der Waals surface area contributed by atoms with Crippen molar-refractivity contribution in [1.82, 2.24) is 0 Å². The van der Waals surface area contributed by atoms with Gasteiger partial charge in [-0.1, -0.05) is 17.7 Å². The second-order valence-electron chi connectivity index (χ2n) is 4.29. The summed E-state index contributed by atoms with van der Waals surface area (Å²) in [6.45, 7) is 1.83. The molecule has 6 heteroatoms. The third kappa shape index (κ3) is 2.88. The molecule has 0 radical (unpaired) electrons. The number of amides is 1. The van der Waals surface area contributed by atoms with Crippen LogP contribution in [0, 0.1) is 18.6 Å². The van der Waals surface area contributed by atoms with Gasteiger partial charge in [0.15, 0.2) is 0 Å². The molecule has 0 aromatic heterocycles. The molecular weight excluding hydrogens is 286 g/mol. The largest absolute Gasteiger partial charge is 0.394 e. The number of anilines is 2.